The molecule has 7 nitrogen and oxygen atoms in total. The SMILES string of the molecule is Cn1cc(Cc2ccccc2)c2c([N+](=O)[O-])cc([N+](=O)[O-])cc21. The van der Waals surface area contributed by atoms with E-state index in [0.29, 0.717) is 17.3 Å². The molecule has 7 heteroatoms. The predicted molar refractivity (Wildman–Crippen MR) is 85.5 cm³/mol. The fourth-order valence-corrected chi connectivity index (χ4v) is 2.77. The average Bonchev–Trinajstić information content (AvgIpc) is 2.83. The first-order valence-electron chi connectivity index (χ1n) is 6.92. The van der Waals surface area contributed by atoms with Gasteiger partial charge in [-0.05, 0) is 17.5 Å². The maximum Gasteiger partial charge on any atom is 0.285 e. The quantitative estimate of drug-likeness (QED) is 0.544. The van der Waals surface area contributed by atoms with E-state index in [1.807, 2.05) is 30.3 Å². The average molecular weight is 311 g/mol. The zero-order valence-corrected chi connectivity index (χ0v) is 12.3. The van der Waals surface area contributed by atoms with Crippen LogP contribution >= 0.6 is 0 Å². The Balaban J connectivity index is 2.24. The van der Waals surface area contributed by atoms with E-state index in [-0.39, 0.29) is 11.4 Å². The summed E-state index contributed by atoms with van der Waals surface area (Å²) in [6.07, 6.45) is 2.31. The minimum atomic E-state index is -0.615. The van der Waals surface area contributed by atoms with Crippen LogP contribution in [0.1, 0.15) is 11.1 Å². The summed E-state index contributed by atoms with van der Waals surface area (Å²) < 4.78 is 1.69. The number of fused-ring (bicyclic) bond motifs is 1. The maximum atomic E-state index is 11.4. The van der Waals surface area contributed by atoms with E-state index in [1.54, 1.807) is 17.8 Å². The van der Waals surface area contributed by atoms with Gasteiger partial charge in [-0.3, -0.25) is 20.2 Å². The third kappa shape index (κ3) is 2.64. The molecule has 1 aromatic heterocycles. The zero-order chi connectivity index (χ0) is 16.6. The van der Waals surface area contributed by atoms with Gasteiger partial charge in [0.15, 0.2) is 0 Å². The summed E-state index contributed by atoms with van der Waals surface area (Å²) in [7, 11) is 1.73. The van der Waals surface area contributed by atoms with E-state index in [2.05, 4.69) is 0 Å². The molecule has 0 unspecified atom stereocenters. The van der Waals surface area contributed by atoms with Crippen LogP contribution in [-0.4, -0.2) is 14.4 Å². The highest BCUT2D eigenvalue weighted by molar-refractivity contribution is 5.94. The molecule has 116 valence electrons. The summed E-state index contributed by atoms with van der Waals surface area (Å²) in [5.41, 5.74) is 1.76. The van der Waals surface area contributed by atoms with Crippen molar-refractivity contribution in [2.75, 3.05) is 0 Å². The lowest BCUT2D eigenvalue weighted by Gasteiger charge is -2.01. The van der Waals surface area contributed by atoms with Gasteiger partial charge in [-0.2, -0.15) is 0 Å². The van der Waals surface area contributed by atoms with E-state index >= 15 is 0 Å². The third-order valence-electron chi connectivity index (χ3n) is 3.78. The minimum absolute atomic E-state index is 0.235. The Morgan fingerprint density at radius 1 is 1.04 bits per heavy atom. The predicted octanol–water partition coefficient (Wildman–Crippen LogP) is 3.59. The Bertz CT molecular complexity index is 916. The second-order valence-corrected chi connectivity index (χ2v) is 5.30. The van der Waals surface area contributed by atoms with Crippen molar-refractivity contribution in [1.82, 2.24) is 4.57 Å². The van der Waals surface area contributed by atoms with Gasteiger partial charge in [0, 0.05) is 19.3 Å². The number of nitro groups is 2. The molecule has 0 radical (unpaired) electrons. The molecule has 0 aliphatic heterocycles. The summed E-state index contributed by atoms with van der Waals surface area (Å²) in [6, 6.07) is 12.0. The fourth-order valence-electron chi connectivity index (χ4n) is 2.77. The van der Waals surface area contributed by atoms with Crippen molar-refractivity contribution in [2.45, 2.75) is 6.42 Å². The number of rotatable bonds is 4. The monoisotopic (exact) mass is 311 g/mol. The van der Waals surface area contributed by atoms with Crippen molar-refractivity contribution in [2.24, 2.45) is 7.05 Å². The lowest BCUT2D eigenvalue weighted by atomic mass is 10.0. The highest BCUT2D eigenvalue weighted by Gasteiger charge is 2.24. The van der Waals surface area contributed by atoms with Gasteiger partial charge in [0.2, 0.25) is 0 Å². The molecule has 1 heterocycles. The largest absolute Gasteiger partial charge is 0.350 e. The van der Waals surface area contributed by atoms with Crippen molar-refractivity contribution in [3.63, 3.8) is 0 Å². The number of aryl methyl sites for hydroxylation is 1. The van der Waals surface area contributed by atoms with Crippen LogP contribution in [0.25, 0.3) is 10.9 Å². The second-order valence-electron chi connectivity index (χ2n) is 5.30. The van der Waals surface area contributed by atoms with E-state index in [1.165, 1.54) is 6.07 Å². The van der Waals surface area contributed by atoms with Crippen LogP contribution in [0.3, 0.4) is 0 Å². The summed E-state index contributed by atoms with van der Waals surface area (Å²) in [5, 5.41) is 22.8. The van der Waals surface area contributed by atoms with Gasteiger partial charge >= 0.3 is 0 Å². The lowest BCUT2D eigenvalue weighted by Crippen LogP contribution is -1.96. The van der Waals surface area contributed by atoms with Gasteiger partial charge in [-0.1, -0.05) is 30.3 Å². The number of nitro benzene ring substituents is 2. The minimum Gasteiger partial charge on any atom is -0.350 e. The van der Waals surface area contributed by atoms with Crippen molar-refractivity contribution in [3.05, 3.63) is 80.0 Å². The molecule has 0 atom stereocenters. The van der Waals surface area contributed by atoms with E-state index in [0.717, 1.165) is 17.2 Å². The first kappa shape index (κ1) is 14.7. The van der Waals surface area contributed by atoms with Gasteiger partial charge in [0.25, 0.3) is 11.4 Å². The normalized spacial score (nSPS) is 10.8. The van der Waals surface area contributed by atoms with Crippen LogP contribution < -0.4 is 0 Å². The number of nitrogens with zero attached hydrogens (tertiary/aromatic N) is 3. The van der Waals surface area contributed by atoms with Crippen LogP contribution in [0.5, 0.6) is 0 Å². The molecule has 0 saturated carbocycles. The standard InChI is InChI=1S/C16H13N3O4/c1-17-10-12(7-11-5-3-2-4-6-11)16-14(17)8-13(18(20)21)9-15(16)19(22)23/h2-6,8-10H,7H2,1H3. The number of hydrogen-bond acceptors (Lipinski definition) is 4. The van der Waals surface area contributed by atoms with Gasteiger partial charge in [-0.15, -0.1) is 0 Å². The summed E-state index contributed by atoms with van der Waals surface area (Å²) in [5.74, 6) is 0. The first-order chi connectivity index (χ1) is 11.0. The fraction of sp³-hybridized carbons (Fsp3) is 0.125. The molecular weight excluding hydrogens is 298 g/mol. The second kappa shape index (κ2) is 5.53. The molecule has 0 saturated heterocycles. The van der Waals surface area contributed by atoms with Crippen molar-refractivity contribution >= 4 is 22.3 Å². The van der Waals surface area contributed by atoms with Crippen LogP contribution in [0.2, 0.25) is 0 Å². The summed E-state index contributed by atoms with van der Waals surface area (Å²) in [6.45, 7) is 0. The highest BCUT2D eigenvalue weighted by Crippen LogP contribution is 2.35. The smallest absolute Gasteiger partial charge is 0.285 e. The van der Waals surface area contributed by atoms with Crippen LogP contribution in [0, 0.1) is 20.2 Å². The molecule has 0 bridgehead atoms. The molecule has 0 fully saturated rings. The molecule has 23 heavy (non-hydrogen) atoms. The first-order valence-corrected chi connectivity index (χ1v) is 6.92. The molecule has 0 amide bonds. The Hall–Kier alpha value is -3.22. The number of aromatic nitrogens is 1. The van der Waals surface area contributed by atoms with Crippen LogP contribution in [0.4, 0.5) is 11.4 Å². The van der Waals surface area contributed by atoms with Crippen molar-refractivity contribution in [3.8, 4) is 0 Å². The van der Waals surface area contributed by atoms with Crippen molar-refractivity contribution < 1.29 is 9.85 Å². The molecule has 0 spiro atoms. The molecule has 2 aromatic carbocycles. The van der Waals surface area contributed by atoms with Gasteiger partial charge in [0.05, 0.1) is 26.8 Å². The summed E-state index contributed by atoms with van der Waals surface area (Å²) in [4.78, 5) is 21.2. The third-order valence-corrected chi connectivity index (χ3v) is 3.78. The Morgan fingerprint density at radius 3 is 2.35 bits per heavy atom. The van der Waals surface area contributed by atoms with E-state index < -0.39 is 9.85 Å². The van der Waals surface area contributed by atoms with Crippen LogP contribution in [0.15, 0.2) is 48.7 Å². The Kier molecular flexibility index (Phi) is 3.53. The molecule has 3 aromatic rings. The van der Waals surface area contributed by atoms with Crippen molar-refractivity contribution in [1.29, 1.82) is 0 Å². The number of benzene rings is 2. The van der Waals surface area contributed by atoms with E-state index in [9.17, 15) is 20.2 Å². The summed E-state index contributed by atoms with van der Waals surface area (Å²) >= 11 is 0. The highest BCUT2D eigenvalue weighted by atomic mass is 16.6. The maximum absolute atomic E-state index is 11.4. The Morgan fingerprint density at radius 2 is 1.74 bits per heavy atom. The topological polar surface area (TPSA) is 91.2 Å². The van der Waals surface area contributed by atoms with Gasteiger partial charge in [0.1, 0.15) is 0 Å². The van der Waals surface area contributed by atoms with E-state index in [4.69, 9.17) is 0 Å². The number of non-ortho nitro benzene ring substituents is 2. The molecule has 3 rings (SSSR count). The molecule has 0 N–H and O–H groups in total. The lowest BCUT2D eigenvalue weighted by molar-refractivity contribution is -0.393. The Labute approximate surface area is 131 Å². The molecule has 0 aliphatic carbocycles. The zero-order valence-electron chi connectivity index (χ0n) is 12.3. The number of hydrogen-bond donors (Lipinski definition) is 0. The van der Waals surface area contributed by atoms with Crippen LogP contribution in [-0.2, 0) is 13.5 Å². The molecule has 0 aliphatic rings. The molecular formula is C16H13N3O4. The van der Waals surface area contributed by atoms with Gasteiger partial charge < -0.3 is 4.57 Å². The van der Waals surface area contributed by atoms with Gasteiger partial charge in [-0.25, -0.2) is 0 Å².